The standard InChI is InChI=1S/C17H21N3O2/c1-17(2,3)16(22)19-11-9-14(21)20-13-8-4-6-12-7-5-10-18-15(12)13/h4-8,10H,9,11H2,1-3H3,(H,19,22)(H,20,21). The third-order valence-electron chi connectivity index (χ3n) is 3.23. The molecule has 2 N–H and O–H groups in total. The van der Waals surface area contributed by atoms with Crippen molar-refractivity contribution in [1.29, 1.82) is 0 Å². The monoisotopic (exact) mass is 299 g/mol. The zero-order chi connectivity index (χ0) is 16.2. The van der Waals surface area contributed by atoms with Crippen molar-refractivity contribution >= 4 is 28.4 Å². The van der Waals surface area contributed by atoms with Gasteiger partial charge in [-0.2, -0.15) is 0 Å². The zero-order valence-electron chi connectivity index (χ0n) is 13.1. The number of hydrogen-bond acceptors (Lipinski definition) is 3. The van der Waals surface area contributed by atoms with Gasteiger partial charge in [-0.1, -0.05) is 39.0 Å². The first-order valence-corrected chi connectivity index (χ1v) is 7.30. The maximum Gasteiger partial charge on any atom is 0.226 e. The van der Waals surface area contributed by atoms with Crippen LogP contribution in [0.3, 0.4) is 0 Å². The van der Waals surface area contributed by atoms with Gasteiger partial charge in [0, 0.05) is 30.0 Å². The largest absolute Gasteiger partial charge is 0.355 e. The van der Waals surface area contributed by atoms with Crippen LogP contribution in [0.15, 0.2) is 36.5 Å². The molecule has 5 nitrogen and oxygen atoms in total. The molecule has 0 atom stereocenters. The molecule has 0 aliphatic heterocycles. The second-order valence-corrected chi connectivity index (χ2v) is 6.18. The molecule has 22 heavy (non-hydrogen) atoms. The quantitative estimate of drug-likeness (QED) is 0.912. The maximum absolute atomic E-state index is 12.0. The molecule has 2 rings (SSSR count). The Morgan fingerprint density at radius 3 is 2.59 bits per heavy atom. The van der Waals surface area contributed by atoms with E-state index in [9.17, 15) is 9.59 Å². The van der Waals surface area contributed by atoms with Crippen molar-refractivity contribution in [1.82, 2.24) is 10.3 Å². The van der Waals surface area contributed by atoms with E-state index in [1.54, 1.807) is 6.20 Å². The molecule has 0 fully saturated rings. The molecule has 0 saturated carbocycles. The normalized spacial score (nSPS) is 11.2. The highest BCUT2D eigenvalue weighted by Crippen LogP contribution is 2.20. The van der Waals surface area contributed by atoms with Crippen LogP contribution in [0.5, 0.6) is 0 Å². The predicted molar refractivity (Wildman–Crippen MR) is 87.5 cm³/mol. The number of carbonyl (C=O) groups is 2. The molecule has 0 aliphatic carbocycles. The summed E-state index contributed by atoms with van der Waals surface area (Å²) in [6.07, 6.45) is 1.92. The molecule has 1 aromatic carbocycles. The van der Waals surface area contributed by atoms with Crippen LogP contribution in [0.2, 0.25) is 0 Å². The second kappa shape index (κ2) is 6.56. The minimum atomic E-state index is -0.448. The Bertz CT molecular complexity index is 684. The lowest BCUT2D eigenvalue weighted by molar-refractivity contribution is -0.128. The molecule has 0 aliphatic rings. The van der Waals surface area contributed by atoms with Crippen LogP contribution in [0.1, 0.15) is 27.2 Å². The average molecular weight is 299 g/mol. The first-order valence-electron chi connectivity index (χ1n) is 7.30. The predicted octanol–water partition coefficient (Wildman–Crippen LogP) is 2.73. The first kappa shape index (κ1) is 15.9. The molecule has 2 aromatic rings. The number of amides is 2. The summed E-state index contributed by atoms with van der Waals surface area (Å²) in [5.74, 6) is -0.209. The van der Waals surface area contributed by atoms with Crippen LogP contribution in [0, 0.1) is 5.41 Å². The highest BCUT2D eigenvalue weighted by Gasteiger charge is 2.20. The van der Waals surface area contributed by atoms with E-state index in [0.29, 0.717) is 12.2 Å². The summed E-state index contributed by atoms with van der Waals surface area (Å²) < 4.78 is 0. The summed E-state index contributed by atoms with van der Waals surface area (Å²) >= 11 is 0. The van der Waals surface area contributed by atoms with E-state index in [2.05, 4.69) is 15.6 Å². The fraction of sp³-hybridized carbons (Fsp3) is 0.353. The Hall–Kier alpha value is -2.43. The van der Waals surface area contributed by atoms with Gasteiger partial charge in [-0.05, 0) is 12.1 Å². The summed E-state index contributed by atoms with van der Waals surface area (Å²) in [5, 5.41) is 6.58. The Balaban J connectivity index is 1.93. The van der Waals surface area contributed by atoms with Crippen molar-refractivity contribution in [2.75, 3.05) is 11.9 Å². The Kier molecular flexibility index (Phi) is 4.75. The van der Waals surface area contributed by atoms with Gasteiger partial charge in [0.1, 0.15) is 0 Å². The average Bonchev–Trinajstić information content (AvgIpc) is 2.46. The molecule has 5 heteroatoms. The van der Waals surface area contributed by atoms with Crippen molar-refractivity contribution < 1.29 is 9.59 Å². The molecule has 116 valence electrons. The zero-order valence-corrected chi connectivity index (χ0v) is 13.1. The molecule has 2 amide bonds. The number of benzene rings is 1. The van der Waals surface area contributed by atoms with Crippen LogP contribution < -0.4 is 10.6 Å². The topological polar surface area (TPSA) is 71.1 Å². The summed E-state index contributed by atoms with van der Waals surface area (Å²) in [6, 6.07) is 9.45. The number of carbonyl (C=O) groups excluding carboxylic acids is 2. The maximum atomic E-state index is 12.0. The number of nitrogens with one attached hydrogen (secondary N) is 2. The van der Waals surface area contributed by atoms with Gasteiger partial charge in [0.05, 0.1) is 11.2 Å². The lowest BCUT2D eigenvalue weighted by atomic mass is 9.96. The molecular formula is C17H21N3O2. The van der Waals surface area contributed by atoms with E-state index in [4.69, 9.17) is 0 Å². The van der Waals surface area contributed by atoms with Crippen molar-refractivity contribution in [3.63, 3.8) is 0 Å². The van der Waals surface area contributed by atoms with Gasteiger partial charge in [0.15, 0.2) is 0 Å². The number of pyridine rings is 1. The minimum absolute atomic E-state index is 0.0628. The summed E-state index contributed by atoms with van der Waals surface area (Å²) in [4.78, 5) is 28.0. The van der Waals surface area contributed by atoms with Gasteiger partial charge < -0.3 is 10.6 Å². The first-order chi connectivity index (χ1) is 10.4. The molecule has 0 spiro atoms. The van der Waals surface area contributed by atoms with E-state index < -0.39 is 5.41 Å². The second-order valence-electron chi connectivity index (χ2n) is 6.18. The lowest BCUT2D eigenvalue weighted by Crippen LogP contribution is -2.36. The molecule has 1 aromatic heterocycles. The number of rotatable bonds is 4. The van der Waals surface area contributed by atoms with E-state index in [1.807, 2.05) is 51.1 Å². The third kappa shape index (κ3) is 4.04. The van der Waals surface area contributed by atoms with E-state index in [0.717, 1.165) is 10.9 Å². The Labute approximate surface area is 130 Å². The van der Waals surface area contributed by atoms with Gasteiger partial charge in [-0.3, -0.25) is 14.6 Å². The van der Waals surface area contributed by atoms with Gasteiger partial charge in [-0.15, -0.1) is 0 Å². The molecule has 0 unspecified atom stereocenters. The van der Waals surface area contributed by atoms with Crippen molar-refractivity contribution in [3.8, 4) is 0 Å². The fourth-order valence-corrected chi connectivity index (χ4v) is 1.97. The van der Waals surface area contributed by atoms with Gasteiger partial charge >= 0.3 is 0 Å². The van der Waals surface area contributed by atoms with Crippen LogP contribution in [-0.4, -0.2) is 23.3 Å². The number of para-hydroxylation sites is 1. The van der Waals surface area contributed by atoms with E-state index in [-0.39, 0.29) is 18.2 Å². The Morgan fingerprint density at radius 2 is 1.86 bits per heavy atom. The summed E-state index contributed by atoms with van der Waals surface area (Å²) in [6.45, 7) is 5.83. The number of aromatic nitrogens is 1. The summed E-state index contributed by atoms with van der Waals surface area (Å²) in [7, 11) is 0. The number of anilines is 1. The summed E-state index contributed by atoms with van der Waals surface area (Å²) in [5.41, 5.74) is 0.998. The SMILES string of the molecule is CC(C)(C)C(=O)NCCC(=O)Nc1cccc2cccnc12. The van der Waals surface area contributed by atoms with E-state index in [1.165, 1.54) is 0 Å². The Morgan fingerprint density at radius 1 is 1.14 bits per heavy atom. The van der Waals surface area contributed by atoms with Crippen molar-refractivity contribution in [2.24, 2.45) is 5.41 Å². The smallest absolute Gasteiger partial charge is 0.226 e. The minimum Gasteiger partial charge on any atom is -0.355 e. The molecular weight excluding hydrogens is 278 g/mol. The van der Waals surface area contributed by atoms with Crippen LogP contribution in [-0.2, 0) is 9.59 Å². The van der Waals surface area contributed by atoms with Crippen LogP contribution in [0.4, 0.5) is 5.69 Å². The van der Waals surface area contributed by atoms with Gasteiger partial charge in [0.25, 0.3) is 0 Å². The van der Waals surface area contributed by atoms with Crippen LogP contribution >= 0.6 is 0 Å². The third-order valence-corrected chi connectivity index (χ3v) is 3.23. The molecule has 0 bridgehead atoms. The number of hydrogen-bond donors (Lipinski definition) is 2. The molecule has 0 radical (unpaired) electrons. The van der Waals surface area contributed by atoms with E-state index >= 15 is 0 Å². The van der Waals surface area contributed by atoms with Gasteiger partial charge in [0.2, 0.25) is 11.8 Å². The highest BCUT2D eigenvalue weighted by molar-refractivity contribution is 6.00. The molecule has 0 saturated heterocycles. The number of nitrogens with zero attached hydrogens (tertiary/aromatic N) is 1. The number of fused-ring (bicyclic) bond motifs is 1. The van der Waals surface area contributed by atoms with Crippen LogP contribution in [0.25, 0.3) is 10.9 Å². The highest BCUT2D eigenvalue weighted by atomic mass is 16.2. The lowest BCUT2D eigenvalue weighted by Gasteiger charge is -2.17. The van der Waals surface area contributed by atoms with Gasteiger partial charge in [-0.25, -0.2) is 0 Å². The molecule has 1 heterocycles. The van der Waals surface area contributed by atoms with Crippen molar-refractivity contribution in [2.45, 2.75) is 27.2 Å². The van der Waals surface area contributed by atoms with Crippen molar-refractivity contribution in [3.05, 3.63) is 36.5 Å². The fourth-order valence-electron chi connectivity index (χ4n) is 1.97.